The molecule has 106 valence electrons. The van der Waals surface area contributed by atoms with Crippen LogP contribution in [0.25, 0.3) is 0 Å². The smallest absolute Gasteiger partial charge is 0.266 e. The molecular weight excluding hydrogens is 298 g/mol. The lowest BCUT2D eigenvalue weighted by Gasteiger charge is -2.11. The minimum absolute atomic E-state index is 0.0138. The number of benzene rings is 1. The van der Waals surface area contributed by atoms with Crippen molar-refractivity contribution in [2.45, 2.75) is 25.7 Å². The third kappa shape index (κ3) is 2.86. The number of nitrogens with one attached hydrogen (secondary N) is 1. The summed E-state index contributed by atoms with van der Waals surface area (Å²) < 4.78 is 33.9. The van der Waals surface area contributed by atoms with Gasteiger partial charge >= 0.3 is 0 Å². The fourth-order valence-corrected chi connectivity index (χ4v) is 3.40. The molecule has 0 spiro atoms. The molecule has 20 heavy (non-hydrogen) atoms. The van der Waals surface area contributed by atoms with Gasteiger partial charge in [0.15, 0.2) is 5.69 Å². The summed E-state index contributed by atoms with van der Waals surface area (Å²) in [5.41, 5.74) is 2.42. The van der Waals surface area contributed by atoms with E-state index in [4.69, 9.17) is 0 Å². The highest BCUT2D eigenvalue weighted by molar-refractivity contribution is 7.90. The molecule has 0 saturated heterocycles. The van der Waals surface area contributed by atoms with Gasteiger partial charge in [0.25, 0.3) is 15.9 Å². The van der Waals surface area contributed by atoms with Gasteiger partial charge in [-0.05, 0) is 43.5 Å². The second-order valence-corrected chi connectivity index (χ2v) is 6.64. The van der Waals surface area contributed by atoms with Crippen molar-refractivity contribution in [2.24, 2.45) is 0 Å². The number of carbonyl (C=O) groups excluding carboxylic acids is 1. The van der Waals surface area contributed by atoms with E-state index in [1.807, 2.05) is 18.6 Å². The molecule has 6 nitrogen and oxygen atoms in total. The highest BCUT2D eigenvalue weighted by Crippen LogP contribution is 2.20. The molecule has 0 saturated carbocycles. The van der Waals surface area contributed by atoms with Gasteiger partial charge in [0.1, 0.15) is 0 Å². The van der Waals surface area contributed by atoms with E-state index in [9.17, 15) is 13.2 Å². The van der Waals surface area contributed by atoms with E-state index in [1.54, 1.807) is 19.1 Å². The third-order valence-corrected chi connectivity index (χ3v) is 4.85. The number of nitrogens with zero attached hydrogens (tertiary/aromatic N) is 2. The minimum atomic E-state index is -3.92. The van der Waals surface area contributed by atoms with Crippen LogP contribution < -0.4 is 4.72 Å². The van der Waals surface area contributed by atoms with Crippen LogP contribution in [0.5, 0.6) is 0 Å². The Hall–Kier alpha value is -1.80. The molecule has 2 aromatic rings. The molecule has 0 bridgehead atoms. The number of aryl methyl sites for hydroxylation is 3. The molecule has 0 atom stereocenters. The number of amides is 1. The first kappa shape index (κ1) is 14.6. The maximum atomic E-state index is 12.2. The summed E-state index contributed by atoms with van der Waals surface area (Å²) in [5, 5.41) is 0. The summed E-state index contributed by atoms with van der Waals surface area (Å²) >= 11 is 0.842. The normalized spacial score (nSPS) is 11.3. The third-order valence-electron chi connectivity index (χ3n) is 2.90. The quantitative estimate of drug-likeness (QED) is 0.929. The Morgan fingerprint density at radius 3 is 2.40 bits per heavy atom. The summed E-state index contributed by atoms with van der Waals surface area (Å²) in [6.07, 6.45) is 1.22. The van der Waals surface area contributed by atoms with Gasteiger partial charge in [-0.2, -0.15) is 8.75 Å². The molecule has 1 heterocycles. The van der Waals surface area contributed by atoms with Gasteiger partial charge in [-0.15, -0.1) is 0 Å². The lowest BCUT2D eigenvalue weighted by atomic mass is 10.1. The van der Waals surface area contributed by atoms with E-state index < -0.39 is 15.9 Å². The maximum Gasteiger partial charge on any atom is 0.286 e. The predicted octanol–water partition coefficient (Wildman–Crippen LogP) is 1.58. The number of hydrogen-bond donors (Lipinski definition) is 1. The molecule has 0 aliphatic carbocycles. The van der Waals surface area contributed by atoms with Gasteiger partial charge < -0.3 is 0 Å². The first-order valence-electron chi connectivity index (χ1n) is 5.74. The summed E-state index contributed by atoms with van der Waals surface area (Å²) in [4.78, 5) is 11.9. The Morgan fingerprint density at radius 1 is 1.15 bits per heavy atom. The van der Waals surface area contributed by atoms with Crippen LogP contribution >= 0.6 is 11.7 Å². The predicted molar refractivity (Wildman–Crippen MR) is 75.2 cm³/mol. The Bertz CT molecular complexity index is 753. The van der Waals surface area contributed by atoms with Crippen LogP contribution in [-0.4, -0.2) is 23.1 Å². The van der Waals surface area contributed by atoms with Gasteiger partial charge in [0, 0.05) is 0 Å². The molecule has 8 heteroatoms. The fraction of sp³-hybridized carbons (Fsp3) is 0.250. The van der Waals surface area contributed by atoms with Gasteiger partial charge in [-0.25, -0.2) is 13.1 Å². The molecule has 0 aliphatic rings. The second kappa shape index (κ2) is 5.29. The number of carbonyl (C=O) groups is 1. The Kier molecular flexibility index (Phi) is 3.87. The minimum Gasteiger partial charge on any atom is -0.266 e. The largest absolute Gasteiger partial charge is 0.286 e. The van der Waals surface area contributed by atoms with E-state index in [2.05, 4.69) is 8.75 Å². The zero-order valence-electron chi connectivity index (χ0n) is 11.2. The van der Waals surface area contributed by atoms with Gasteiger partial charge in [0.05, 0.1) is 22.8 Å². The zero-order chi connectivity index (χ0) is 14.9. The van der Waals surface area contributed by atoms with Crippen molar-refractivity contribution < 1.29 is 13.2 Å². The second-order valence-electron chi connectivity index (χ2n) is 4.43. The highest BCUT2D eigenvalue weighted by Gasteiger charge is 2.22. The summed E-state index contributed by atoms with van der Waals surface area (Å²) in [6.45, 7) is 5.41. The molecule has 1 aromatic heterocycles. The molecule has 0 fully saturated rings. The molecule has 1 amide bonds. The van der Waals surface area contributed by atoms with Crippen molar-refractivity contribution in [3.8, 4) is 0 Å². The summed E-state index contributed by atoms with van der Waals surface area (Å²) in [5.74, 6) is -0.781. The van der Waals surface area contributed by atoms with Gasteiger partial charge in [-0.3, -0.25) is 4.79 Å². The van der Waals surface area contributed by atoms with Crippen molar-refractivity contribution >= 4 is 27.7 Å². The first-order valence-corrected chi connectivity index (χ1v) is 7.95. The monoisotopic (exact) mass is 311 g/mol. The average molecular weight is 311 g/mol. The van der Waals surface area contributed by atoms with Crippen LogP contribution in [0, 0.1) is 20.8 Å². The number of hydrogen-bond acceptors (Lipinski definition) is 6. The SMILES string of the molecule is Cc1cc(C)c(S(=O)(=O)NC(=O)c2cnsn2)cc1C. The summed E-state index contributed by atoms with van der Waals surface area (Å²) in [6, 6.07) is 3.33. The van der Waals surface area contributed by atoms with Crippen molar-refractivity contribution in [1.82, 2.24) is 13.5 Å². The van der Waals surface area contributed by atoms with E-state index >= 15 is 0 Å². The Balaban J connectivity index is 2.36. The van der Waals surface area contributed by atoms with Gasteiger partial charge in [0.2, 0.25) is 0 Å². The standard InChI is InChI=1S/C12H13N3O3S2/c1-7-4-9(3)11(5-8(7)2)20(17,18)15-12(16)10-6-13-19-14-10/h4-6H,1-3H3,(H,15,16). The van der Waals surface area contributed by atoms with E-state index in [-0.39, 0.29) is 10.6 Å². The van der Waals surface area contributed by atoms with Crippen molar-refractivity contribution in [2.75, 3.05) is 0 Å². The molecule has 0 unspecified atom stereocenters. The van der Waals surface area contributed by atoms with Crippen LogP contribution in [0.4, 0.5) is 0 Å². The first-order chi connectivity index (χ1) is 9.31. The van der Waals surface area contributed by atoms with Gasteiger partial charge in [-0.1, -0.05) is 6.07 Å². The van der Waals surface area contributed by atoms with Crippen LogP contribution in [0.1, 0.15) is 27.2 Å². The topological polar surface area (TPSA) is 89.0 Å². The lowest BCUT2D eigenvalue weighted by Crippen LogP contribution is -2.31. The number of aromatic nitrogens is 2. The Labute approximate surface area is 121 Å². The van der Waals surface area contributed by atoms with Crippen molar-refractivity contribution in [1.29, 1.82) is 0 Å². The highest BCUT2D eigenvalue weighted by atomic mass is 32.2. The molecule has 1 aromatic carbocycles. The van der Waals surface area contributed by atoms with Crippen LogP contribution in [0.3, 0.4) is 0 Å². The molecular formula is C12H13N3O3S2. The van der Waals surface area contributed by atoms with E-state index in [0.29, 0.717) is 5.56 Å². The van der Waals surface area contributed by atoms with Crippen LogP contribution in [0.15, 0.2) is 23.2 Å². The maximum absolute atomic E-state index is 12.2. The van der Waals surface area contributed by atoms with E-state index in [1.165, 1.54) is 6.20 Å². The molecule has 0 radical (unpaired) electrons. The van der Waals surface area contributed by atoms with Crippen LogP contribution in [-0.2, 0) is 10.0 Å². The van der Waals surface area contributed by atoms with Crippen LogP contribution in [0.2, 0.25) is 0 Å². The average Bonchev–Trinajstić information content (AvgIpc) is 2.86. The molecule has 1 N–H and O–H groups in total. The lowest BCUT2D eigenvalue weighted by molar-refractivity contribution is 0.0977. The fourth-order valence-electron chi connectivity index (χ4n) is 1.72. The molecule has 0 aliphatic heterocycles. The van der Waals surface area contributed by atoms with Crippen molar-refractivity contribution in [3.05, 3.63) is 40.7 Å². The number of rotatable bonds is 3. The summed E-state index contributed by atoms with van der Waals surface area (Å²) in [7, 11) is -3.92. The number of sulfonamides is 1. The molecule has 2 rings (SSSR count). The zero-order valence-corrected chi connectivity index (χ0v) is 12.8. The van der Waals surface area contributed by atoms with E-state index in [0.717, 1.165) is 22.9 Å². The van der Waals surface area contributed by atoms with Crippen molar-refractivity contribution in [3.63, 3.8) is 0 Å². The Morgan fingerprint density at radius 2 is 1.80 bits per heavy atom.